The van der Waals surface area contributed by atoms with Gasteiger partial charge in [-0.1, -0.05) is 19.1 Å². The number of alkyl halides is 3. The molecule has 1 saturated carbocycles. The minimum Gasteiger partial charge on any atom is -0.391 e. The number of aliphatic hydroxyl groups excluding tert-OH is 1. The number of halogens is 3. The molecule has 1 aromatic rings. The van der Waals surface area contributed by atoms with Gasteiger partial charge in [-0.25, -0.2) is 0 Å². The number of hydrogen-bond donors (Lipinski definition) is 1. The number of benzene rings is 1. The lowest BCUT2D eigenvalue weighted by Gasteiger charge is -2.34. The first kappa shape index (κ1) is 16.3. The zero-order valence-electron chi connectivity index (χ0n) is 12.9. The Morgan fingerprint density at radius 1 is 1.26 bits per heavy atom. The molecule has 3 rings (SSSR count). The molecule has 23 heavy (non-hydrogen) atoms. The summed E-state index contributed by atoms with van der Waals surface area (Å²) in [6.45, 7) is 2.97. The molecule has 126 valence electrons. The second-order valence-electron chi connectivity index (χ2n) is 6.69. The van der Waals surface area contributed by atoms with Gasteiger partial charge in [-0.15, -0.1) is 0 Å². The Morgan fingerprint density at radius 2 is 1.91 bits per heavy atom. The fourth-order valence-electron chi connectivity index (χ4n) is 3.24. The number of β-amino-alcohol motifs (C(OH)–C–C–N with tert-alkyl or cyclic N) is 1. The van der Waals surface area contributed by atoms with E-state index in [4.69, 9.17) is 0 Å². The van der Waals surface area contributed by atoms with Crippen LogP contribution in [0.3, 0.4) is 0 Å². The van der Waals surface area contributed by atoms with E-state index in [1.165, 1.54) is 12.1 Å². The fraction of sp³-hybridized carbons (Fsp3) is 0.588. The first-order valence-electron chi connectivity index (χ1n) is 7.91. The van der Waals surface area contributed by atoms with Crippen molar-refractivity contribution in [1.82, 2.24) is 4.90 Å². The van der Waals surface area contributed by atoms with Crippen molar-refractivity contribution in [3.05, 3.63) is 35.4 Å². The van der Waals surface area contributed by atoms with Crippen LogP contribution in [0.2, 0.25) is 0 Å². The molecule has 1 N–H and O–H groups in total. The molecular formula is C17H20F3NO2. The molecular weight excluding hydrogens is 307 g/mol. The van der Waals surface area contributed by atoms with Crippen molar-refractivity contribution < 1.29 is 23.1 Å². The lowest BCUT2D eigenvalue weighted by atomic mass is 9.95. The molecule has 6 heteroatoms. The lowest BCUT2D eigenvalue weighted by Crippen LogP contribution is -2.46. The van der Waals surface area contributed by atoms with E-state index >= 15 is 0 Å². The number of piperidine rings is 1. The molecule has 4 atom stereocenters. The van der Waals surface area contributed by atoms with Gasteiger partial charge in [-0.05, 0) is 42.4 Å². The number of likely N-dealkylation sites (tertiary alicyclic amines) is 1. The van der Waals surface area contributed by atoms with E-state index in [-0.39, 0.29) is 23.7 Å². The van der Waals surface area contributed by atoms with Gasteiger partial charge in [0.15, 0.2) is 0 Å². The summed E-state index contributed by atoms with van der Waals surface area (Å²) >= 11 is 0. The molecule has 4 unspecified atom stereocenters. The van der Waals surface area contributed by atoms with Crippen LogP contribution in [0, 0.1) is 11.8 Å². The van der Waals surface area contributed by atoms with Crippen molar-refractivity contribution in [3.8, 4) is 0 Å². The third-order valence-corrected chi connectivity index (χ3v) is 5.00. The van der Waals surface area contributed by atoms with E-state index < -0.39 is 17.8 Å². The maximum atomic E-state index is 12.6. The molecule has 1 aromatic carbocycles. The zero-order chi connectivity index (χ0) is 16.8. The molecule has 1 saturated heterocycles. The second-order valence-corrected chi connectivity index (χ2v) is 6.69. The number of carbonyl (C=O) groups excluding carboxylic acids is 1. The van der Waals surface area contributed by atoms with Gasteiger partial charge >= 0.3 is 6.18 Å². The SMILES string of the molecule is CC1CCN(C(=O)C2CC2c2ccc(C(F)(F)F)cc2)CC1O. The van der Waals surface area contributed by atoms with Gasteiger partial charge < -0.3 is 10.0 Å². The van der Waals surface area contributed by atoms with E-state index in [0.717, 1.165) is 24.1 Å². The molecule has 2 fully saturated rings. The Kier molecular flexibility index (Phi) is 4.12. The standard InChI is InChI=1S/C17H20F3NO2/c1-10-6-7-21(9-15(10)22)16(23)14-8-13(14)11-2-4-12(5-3-11)17(18,19)20/h2-5,10,13-15,22H,6-9H2,1H3. The Bertz CT molecular complexity index is 584. The van der Waals surface area contributed by atoms with Crippen LogP contribution in [-0.4, -0.2) is 35.1 Å². The molecule has 1 amide bonds. The predicted octanol–water partition coefficient (Wildman–Crippen LogP) is 3.04. The highest BCUT2D eigenvalue weighted by Gasteiger charge is 2.46. The van der Waals surface area contributed by atoms with Crippen LogP contribution in [0.15, 0.2) is 24.3 Å². The molecule has 1 heterocycles. The Hall–Kier alpha value is -1.56. The molecule has 3 nitrogen and oxygen atoms in total. The number of hydrogen-bond acceptors (Lipinski definition) is 2. The van der Waals surface area contributed by atoms with E-state index in [2.05, 4.69) is 0 Å². The zero-order valence-corrected chi connectivity index (χ0v) is 12.9. The first-order chi connectivity index (χ1) is 10.8. The van der Waals surface area contributed by atoms with Gasteiger partial charge in [0, 0.05) is 19.0 Å². The summed E-state index contributed by atoms with van der Waals surface area (Å²) < 4.78 is 37.7. The van der Waals surface area contributed by atoms with Crippen LogP contribution in [0.5, 0.6) is 0 Å². The van der Waals surface area contributed by atoms with E-state index in [9.17, 15) is 23.1 Å². The third kappa shape index (κ3) is 3.37. The largest absolute Gasteiger partial charge is 0.416 e. The van der Waals surface area contributed by atoms with Crippen LogP contribution in [0.25, 0.3) is 0 Å². The molecule has 1 aliphatic carbocycles. The van der Waals surface area contributed by atoms with Gasteiger partial charge in [0.05, 0.1) is 11.7 Å². The highest BCUT2D eigenvalue weighted by molar-refractivity contribution is 5.83. The maximum Gasteiger partial charge on any atom is 0.416 e. The molecule has 2 aliphatic rings. The number of amides is 1. The summed E-state index contributed by atoms with van der Waals surface area (Å²) in [5.74, 6) is 0.0541. The summed E-state index contributed by atoms with van der Waals surface area (Å²) in [5, 5.41) is 9.89. The highest BCUT2D eigenvalue weighted by Crippen LogP contribution is 2.49. The topological polar surface area (TPSA) is 40.5 Å². The summed E-state index contributed by atoms with van der Waals surface area (Å²) in [4.78, 5) is 14.2. The smallest absolute Gasteiger partial charge is 0.391 e. The first-order valence-corrected chi connectivity index (χ1v) is 7.91. The van der Waals surface area contributed by atoms with Crippen molar-refractivity contribution in [1.29, 1.82) is 0 Å². The van der Waals surface area contributed by atoms with Crippen molar-refractivity contribution in [2.24, 2.45) is 11.8 Å². The van der Waals surface area contributed by atoms with Gasteiger partial charge in [0.2, 0.25) is 5.91 Å². The van der Waals surface area contributed by atoms with E-state index in [1.54, 1.807) is 4.90 Å². The maximum absolute atomic E-state index is 12.6. The van der Waals surface area contributed by atoms with Crippen molar-refractivity contribution in [3.63, 3.8) is 0 Å². The molecule has 1 aliphatic heterocycles. The Balaban J connectivity index is 1.62. The minimum absolute atomic E-state index is 0.00118. The molecule has 0 bridgehead atoms. The number of aliphatic hydroxyl groups is 1. The van der Waals surface area contributed by atoms with Crippen LogP contribution in [0.1, 0.15) is 36.8 Å². The second kappa shape index (κ2) is 5.82. The Labute approximate surface area is 133 Å². The summed E-state index contributed by atoms with van der Waals surface area (Å²) in [6.07, 6.45) is -3.37. The van der Waals surface area contributed by atoms with Crippen LogP contribution in [-0.2, 0) is 11.0 Å². The van der Waals surface area contributed by atoms with Crippen LogP contribution >= 0.6 is 0 Å². The minimum atomic E-state index is -4.34. The summed E-state index contributed by atoms with van der Waals surface area (Å²) in [5.41, 5.74) is 0.111. The summed E-state index contributed by atoms with van der Waals surface area (Å²) in [6, 6.07) is 5.07. The normalized spacial score (nSPS) is 31.1. The average Bonchev–Trinajstić information content (AvgIpc) is 3.29. The van der Waals surface area contributed by atoms with Crippen molar-refractivity contribution >= 4 is 5.91 Å². The van der Waals surface area contributed by atoms with Crippen molar-refractivity contribution in [2.45, 2.75) is 38.0 Å². The monoisotopic (exact) mass is 327 g/mol. The van der Waals surface area contributed by atoms with E-state index in [0.29, 0.717) is 19.5 Å². The van der Waals surface area contributed by atoms with Gasteiger partial charge in [0.1, 0.15) is 0 Å². The predicted molar refractivity (Wildman–Crippen MR) is 78.7 cm³/mol. The van der Waals surface area contributed by atoms with Crippen LogP contribution < -0.4 is 0 Å². The third-order valence-electron chi connectivity index (χ3n) is 5.00. The van der Waals surface area contributed by atoms with E-state index in [1.807, 2.05) is 6.92 Å². The van der Waals surface area contributed by atoms with Gasteiger partial charge in [-0.3, -0.25) is 4.79 Å². The quantitative estimate of drug-likeness (QED) is 0.907. The summed E-state index contributed by atoms with van der Waals surface area (Å²) in [7, 11) is 0. The van der Waals surface area contributed by atoms with Gasteiger partial charge in [-0.2, -0.15) is 13.2 Å². The highest BCUT2D eigenvalue weighted by atomic mass is 19.4. The average molecular weight is 327 g/mol. The molecule has 0 spiro atoms. The van der Waals surface area contributed by atoms with Crippen molar-refractivity contribution in [2.75, 3.05) is 13.1 Å². The molecule has 0 radical (unpaired) electrons. The lowest BCUT2D eigenvalue weighted by molar-refractivity contribution is -0.138. The number of rotatable bonds is 2. The van der Waals surface area contributed by atoms with Crippen LogP contribution in [0.4, 0.5) is 13.2 Å². The number of nitrogens with zero attached hydrogens (tertiary/aromatic N) is 1. The van der Waals surface area contributed by atoms with Gasteiger partial charge in [0.25, 0.3) is 0 Å². The molecule has 0 aromatic heterocycles. The Morgan fingerprint density at radius 3 is 2.48 bits per heavy atom. The fourth-order valence-corrected chi connectivity index (χ4v) is 3.24. The number of carbonyl (C=O) groups is 1.